The Morgan fingerprint density at radius 3 is 1.28 bits per heavy atom. The van der Waals surface area contributed by atoms with Gasteiger partial charge in [-0.05, 0) is 57.8 Å². The summed E-state index contributed by atoms with van der Waals surface area (Å²) in [7, 11) is 0. The molecule has 0 rings (SSSR count). The van der Waals surface area contributed by atoms with E-state index in [1.807, 2.05) is 6.08 Å². The van der Waals surface area contributed by atoms with Crippen LogP contribution in [-0.4, -0.2) is 46.1 Å². The highest BCUT2D eigenvalue weighted by Gasteiger charge is 2.20. The van der Waals surface area contributed by atoms with Crippen molar-refractivity contribution >= 4 is 5.91 Å². The lowest BCUT2D eigenvalue weighted by Gasteiger charge is -2.20. The fourth-order valence-corrected chi connectivity index (χ4v) is 6.53. The Hall–Kier alpha value is -1.43. The van der Waals surface area contributed by atoms with Crippen LogP contribution in [0.4, 0.5) is 0 Å². The van der Waals surface area contributed by atoms with Gasteiger partial charge in [0.15, 0.2) is 0 Å². The maximum atomic E-state index is 12.4. The quantitative estimate of drug-likeness (QED) is 0.0379. The summed E-state index contributed by atoms with van der Waals surface area (Å²) in [4.78, 5) is 12.4. The van der Waals surface area contributed by atoms with Crippen molar-refractivity contribution in [1.82, 2.24) is 5.32 Å². The number of unbranched alkanes of at least 4 members (excludes halogenated alkanes) is 26. The summed E-state index contributed by atoms with van der Waals surface area (Å²) >= 11 is 0. The lowest BCUT2D eigenvalue weighted by Crippen LogP contribution is -2.45. The van der Waals surface area contributed by atoms with E-state index < -0.39 is 18.2 Å². The third-order valence-electron chi connectivity index (χ3n) is 9.90. The zero-order valence-corrected chi connectivity index (χ0v) is 33.3. The molecule has 1 amide bonds. The summed E-state index contributed by atoms with van der Waals surface area (Å²) in [5.74, 6) is -0.334. The van der Waals surface area contributed by atoms with E-state index in [1.165, 1.54) is 148 Å². The molecule has 0 fully saturated rings. The fourth-order valence-electron chi connectivity index (χ4n) is 6.53. The third kappa shape index (κ3) is 36.4. The monoisotopic (exact) mass is 704 g/mol. The standard InChI is InChI=1S/C45H85NO4/c1-3-5-7-9-11-13-15-17-19-21-22-23-25-27-29-31-33-35-37-39-44(49)43(41-47)46-45(50)40-42(48)38-36-34-32-30-28-26-24-20-18-16-14-12-10-8-6-4-2/h26,28-29,31,37,39,42-44,47-49H,3-25,27,30,32-36,38,40-41H2,1-2H3,(H,46,50)/b28-26-,31-29+,39-37+. The Balaban J connectivity index is 3.74. The van der Waals surface area contributed by atoms with Gasteiger partial charge in [0.1, 0.15) is 0 Å². The Morgan fingerprint density at radius 1 is 0.500 bits per heavy atom. The summed E-state index contributed by atoms with van der Waals surface area (Å²) in [6, 6.07) is -0.764. The predicted octanol–water partition coefficient (Wildman–Crippen LogP) is 12.4. The maximum Gasteiger partial charge on any atom is 0.222 e. The smallest absolute Gasteiger partial charge is 0.222 e. The van der Waals surface area contributed by atoms with Crippen molar-refractivity contribution in [3.05, 3.63) is 36.5 Å². The molecule has 0 bridgehead atoms. The molecule has 0 saturated heterocycles. The van der Waals surface area contributed by atoms with E-state index in [9.17, 15) is 20.1 Å². The number of nitrogens with one attached hydrogen (secondary N) is 1. The second-order valence-electron chi connectivity index (χ2n) is 14.9. The Labute approximate surface area is 311 Å². The van der Waals surface area contributed by atoms with Gasteiger partial charge in [-0.15, -0.1) is 0 Å². The summed E-state index contributed by atoms with van der Waals surface area (Å²) in [6.07, 6.45) is 50.0. The van der Waals surface area contributed by atoms with Crippen LogP contribution in [0, 0.1) is 0 Å². The van der Waals surface area contributed by atoms with Crippen molar-refractivity contribution in [3.8, 4) is 0 Å². The molecular weight excluding hydrogens is 618 g/mol. The van der Waals surface area contributed by atoms with E-state index in [0.29, 0.717) is 6.42 Å². The Morgan fingerprint density at radius 2 is 0.860 bits per heavy atom. The van der Waals surface area contributed by atoms with Crippen LogP contribution >= 0.6 is 0 Å². The van der Waals surface area contributed by atoms with Crippen LogP contribution in [-0.2, 0) is 4.79 Å². The van der Waals surface area contributed by atoms with Gasteiger partial charge < -0.3 is 20.6 Å². The molecule has 0 aromatic carbocycles. The number of amides is 1. The van der Waals surface area contributed by atoms with Gasteiger partial charge in [0.25, 0.3) is 0 Å². The average molecular weight is 704 g/mol. The summed E-state index contributed by atoms with van der Waals surface area (Å²) in [5, 5.41) is 33.2. The molecule has 0 heterocycles. The minimum absolute atomic E-state index is 0.00434. The first-order valence-electron chi connectivity index (χ1n) is 21.8. The van der Waals surface area contributed by atoms with Crippen molar-refractivity contribution in [2.45, 2.75) is 238 Å². The average Bonchev–Trinajstić information content (AvgIpc) is 3.11. The van der Waals surface area contributed by atoms with E-state index >= 15 is 0 Å². The third-order valence-corrected chi connectivity index (χ3v) is 9.90. The molecule has 294 valence electrons. The SMILES string of the molecule is CCCCCCCCCCC/C=C\CCCCCC(O)CC(=O)NC(CO)C(O)/C=C/CC/C=C/CCCCCCCCCCCCCCC. The van der Waals surface area contributed by atoms with Gasteiger partial charge in [0, 0.05) is 0 Å². The number of carbonyl (C=O) groups excluding carboxylic acids is 1. The number of aliphatic hydroxyl groups is 3. The highest BCUT2D eigenvalue weighted by molar-refractivity contribution is 5.76. The number of hydrogen-bond donors (Lipinski definition) is 4. The van der Waals surface area contributed by atoms with E-state index in [0.717, 1.165) is 44.9 Å². The number of aliphatic hydroxyl groups excluding tert-OH is 3. The van der Waals surface area contributed by atoms with Gasteiger partial charge in [0.2, 0.25) is 5.91 Å². The van der Waals surface area contributed by atoms with Gasteiger partial charge >= 0.3 is 0 Å². The topological polar surface area (TPSA) is 89.8 Å². The normalized spacial score (nSPS) is 13.9. The number of carbonyl (C=O) groups is 1. The van der Waals surface area contributed by atoms with E-state index in [4.69, 9.17) is 0 Å². The molecule has 5 heteroatoms. The van der Waals surface area contributed by atoms with Crippen LogP contribution < -0.4 is 5.32 Å². The van der Waals surface area contributed by atoms with Gasteiger partial charge in [-0.3, -0.25) is 4.79 Å². The van der Waals surface area contributed by atoms with Crippen LogP contribution in [0.5, 0.6) is 0 Å². The first-order chi connectivity index (χ1) is 24.5. The molecule has 0 spiro atoms. The molecule has 0 aliphatic carbocycles. The second kappa shape index (κ2) is 40.3. The van der Waals surface area contributed by atoms with Gasteiger partial charge in [-0.25, -0.2) is 0 Å². The molecule has 3 unspecified atom stereocenters. The highest BCUT2D eigenvalue weighted by atomic mass is 16.3. The Bertz CT molecular complexity index is 779. The number of hydrogen-bond acceptors (Lipinski definition) is 4. The van der Waals surface area contributed by atoms with E-state index in [-0.39, 0.29) is 18.9 Å². The lowest BCUT2D eigenvalue weighted by molar-refractivity contribution is -0.124. The van der Waals surface area contributed by atoms with Crippen molar-refractivity contribution in [2.24, 2.45) is 0 Å². The van der Waals surface area contributed by atoms with Crippen molar-refractivity contribution < 1.29 is 20.1 Å². The number of rotatable bonds is 39. The summed E-state index contributed by atoms with van der Waals surface area (Å²) in [5.41, 5.74) is 0. The van der Waals surface area contributed by atoms with Crippen LogP contribution in [0.1, 0.15) is 219 Å². The lowest BCUT2D eigenvalue weighted by atomic mass is 10.0. The molecule has 0 aliphatic rings. The first-order valence-corrected chi connectivity index (χ1v) is 21.8. The van der Waals surface area contributed by atoms with Gasteiger partial charge in [0.05, 0.1) is 31.3 Å². The predicted molar refractivity (Wildman–Crippen MR) is 218 cm³/mol. The molecule has 0 saturated carbocycles. The summed E-state index contributed by atoms with van der Waals surface area (Å²) < 4.78 is 0. The molecule has 0 aromatic rings. The fraction of sp³-hybridized carbons (Fsp3) is 0.844. The molecule has 0 aliphatic heterocycles. The van der Waals surface area contributed by atoms with Crippen molar-refractivity contribution in [2.75, 3.05) is 6.61 Å². The van der Waals surface area contributed by atoms with Crippen LogP contribution in [0.2, 0.25) is 0 Å². The molecule has 50 heavy (non-hydrogen) atoms. The van der Waals surface area contributed by atoms with Crippen LogP contribution in [0.15, 0.2) is 36.5 Å². The maximum absolute atomic E-state index is 12.4. The molecule has 0 radical (unpaired) electrons. The second-order valence-corrected chi connectivity index (χ2v) is 14.9. The Kier molecular flexibility index (Phi) is 39.2. The molecule has 3 atom stereocenters. The number of allylic oxidation sites excluding steroid dienone is 5. The molecule has 5 nitrogen and oxygen atoms in total. The minimum Gasteiger partial charge on any atom is -0.394 e. The summed E-state index contributed by atoms with van der Waals surface area (Å²) in [6.45, 7) is 4.20. The largest absolute Gasteiger partial charge is 0.394 e. The zero-order valence-electron chi connectivity index (χ0n) is 33.3. The molecule has 4 N–H and O–H groups in total. The first kappa shape index (κ1) is 48.6. The van der Waals surface area contributed by atoms with Gasteiger partial charge in [-0.2, -0.15) is 0 Å². The van der Waals surface area contributed by atoms with Crippen LogP contribution in [0.3, 0.4) is 0 Å². The molecular formula is C45H85NO4. The van der Waals surface area contributed by atoms with E-state index in [1.54, 1.807) is 6.08 Å². The highest BCUT2D eigenvalue weighted by Crippen LogP contribution is 2.14. The van der Waals surface area contributed by atoms with E-state index in [2.05, 4.69) is 43.5 Å². The van der Waals surface area contributed by atoms with Crippen molar-refractivity contribution in [3.63, 3.8) is 0 Å². The van der Waals surface area contributed by atoms with Crippen LogP contribution in [0.25, 0.3) is 0 Å². The zero-order chi connectivity index (χ0) is 36.6. The minimum atomic E-state index is -0.954. The van der Waals surface area contributed by atoms with Crippen molar-refractivity contribution in [1.29, 1.82) is 0 Å². The van der Waals surface area contributed by atoms with Gasteiger partial charge in [-0.1, -0.05) is 192 Å². The molecule has 0 aromatic heterocycles.